The summed E-state index contributed by atoms with van der Waals surface area (Å²) in [6, 6.07) is 0.0763. The molecule has 1 aromatic heterocycles. The molecule has 4 atom stereocenters. The lowest BCUT2D eigenvalue weighted by atomic mass is 9.84. The van der Waals surface area contributed by atoms with Crippen LogP contribution >= 0.6 is 0 Å². The Morgan fingerprint density at radius 3 is 2.76 bits per heavy atom. The van der Waals surface area contributed by atoms with Crippen LogP contribution in [0.4, 0.5) is 0 Å². The number of aromatic nitrogens is 2. The molecule has 2 aliphatic rings. The Labute approximate surface area is 103 Å². The van der Waals surface area contributed by atoms with E-state index >= 15 is 0 Å². The van der Waals surface area contributed by atoms with E-state index in [4.69, 9.17) is 5.73 Å². The van der Waals surface area contributed by atoms with Gasteiger partial charge in [-0.1, -0.05) is 6.42 Å². The molecule has 1 aromatic rings. The predicted octanol–water partition coefficient (Wildman–Crippen LogP) is 2.61. The maximum absolute atomic E-state index is 6.25. The topological polar surface area (TPSA) is 51.8 Å². The van der Waals surface area contributed by atoms with E-state index in [-0.39, 0.29) is 6.04 Å². The molecular weight excluding hydrogens is 210 g/mol. The first-order chi connectivity index (χ1) is 8.22. The largest absolute Gasteiger partial charge is 0.323 e. The highest BCUT2D eigenvalue weighted by molar-refractivity contribution is 5.06. The monoisotopic (exact) mass is 231 g/mol. The van der Waals surface area contributed by atoms with Crippen LogP contribution in [0.5, 0.6) is 0 Å². The summed E-state index contributed by atoms with van der Waals surface area (Å²) >= 11 is 0. The molecule has 17 heavy (non-hydrogen) atoms. The maximum atomic E-state index is 6.25. The van der Waals surface area contributed by atoms with Gasteiger partial charge in [-0.3, -0.25) is 9.97 Å². The number of nitrogens with zero attached hydrogens (tertiary/aromatic N) is 2. The van der Waals surface area contributed by atoms with Crippen molar-refractivity contribution in [3.8, 4) is 0 Å². The molecule has 0 amide bonds. The highest BCUT2D eigenvalue weighted by Gasteiger charge is 2.39. The summed E-state index contributed by atoms with van der Waals surface area (Å²) in [5, 5.41) is 0. The minimum atomic E-state index is 0.0763. The summed E-state index contributed by atoms with van der Waals surface area (Å²) < 4.78 is 0. The average molecular weight is 231 g/mol. The smallest absolute Gasteiger partial charge is 0.0754 e. The van der Waals surface area contributed by atoms with Crippen molar-refractivity contribution in [3.63, 3.8) is 0 Å². The van der Waals surface area contributed by atoms with Gasteiger partial charge in [0.15, 0.2) is 0 Å². The first-order valence-electron chi connectivity index (χ1n) is 6.76. The number of aryl methyl sites for hydroxylation is 1. The summed E-state index contributed by atoms with van der Waals surface area (Å²) in [4.78, 5) is 8.68. The molecule has 0 aliphatic heterocycles. The third-order valence-electron chi connectivity index (χ3n) is 4.62. The van der Waals surface area contributed by atoms with Crippen molar-refractivity contribution in [1.29, 1.82) is 0 Å². The van der Waals surface area contributed by atoms with Crippen LogP contribution in [0.2, 0.25) is 0 Å². The minimum absolute atomic E-state index is 0.0763. The number of nitrogens with two attached hydrogens (primary N) is 1. The van der Waals surface area contributed by atoms with E-state index < -0.39 is 0 Å². The van der Waals surface area contributed by atoms with Crippen LogP contribution < -0.4 is 5.73 Å². The molecule has 0 spiro atoms. The van der Waals surface area contributed by atoms with Crippen LogP contribution in [0.25, 0.3) is 0 Å². The van der Waals surface area contributed by atoms with Crippen molar-refractivity contribution >= 4 is 0 Å². The Morgan fingerprint density at radius 2 is 2.18 bits per heavy atom. The van der Waals surface area contributed by atoms with Crippen molar-refractivity contribution in [2.45, 2.75) is 45.1 Å². The van der Waals surface area contributed by atoms with E-state index in [0.29, 0.717) is 0 Å². The van der Waals surface area contributed by atoms with Crippen LogP contribution in [0.15, 0.2) is 12.4 Å². The predicted molar refractivity (Wildman–Crippen MR) is 67.3 cm³/mol. The zero-order valence-corrected chi connectivity index (χ0v) is 10.5. The number of fused-ring (bicyclic) bond motifs is 2. The van der Waals surface area contributed by atoms with Gasteiger partial charge >= 0.3 is 0 Å². The third kappa shape index (κ3) is 2.21. The molecule has 4 unspecified atom stereocenters. The van der Waals surface area contributed by atoms with Gasteiger partial charge in [-0.25, -0.2) is 0 Å². The molecule has 3 rings (SSSR count). The molecule has 1 heterocycles. The lowest BCUT2D eigenvalue weighted by molar-refractivity contribution is 0.294. The first-order valence-corrected chi connectivity index (χ1v) is 6.76. The van der Waals surface area contributed by atoms with Gasteiger partial charge in [0.1, 0.15) is 0 Å². The van der Waals surface area contributed by atoms with Crippen molar-refractivity contribution < 1.29 is 0 Å². The van der Waals surface area contributed by atoms with Crippen LogP contribution in [-0.4, -0.2) is 9.97 Å². The Bertz CT molecular complexity index is 387. The Morgan fingerprint density at radius 1 is 1.29 bits per heavy atom. The van der Waals surface area contributed by atoms with E-state index in [1.165, 1.54) is 25.7 Å². The summed E-state index contributed by atoms with van der Waals surface area (Å²) in [5.41, 5.74) is 8.17. The summed E-state index contributed by atoms with van der Waals surface area (Å²) in [5.74, 6) is 2.79. The van der Waals surface area contributed by atoms with Crippen molar-refractivity contribution in [2.24, 2.45) is 23.5 Å². The molecular formula is C14H21N3. The number of hydrogen-bond acceptors (Lipinski definition) is 3. The fraction of sp³-hybridized carbons (Fsp3) is 0.714. The molecule has 3 nitrogen and oxygen atoms in total. The van der Waals surface area contributed by atoms with E-state index in [1.807, 2.05) is 19.3 Å². The summed E-state index contributed by atoms with van der Waals surface area (Å²) in [6.07, 6.45) is 10.5. The zero-order valence-electron chi connectivity index (χ0n) is 10.5. The van der Waals surface area contributed by atoms with Gasteiger partial charge in [0.25, 0.3) is 0 Å². The highest BCUT2D eigenvalue weighted by atomic mass is 14.8. The lowest BCUT2D eigenvalue weighted by Crippen LogP contribution is -2.20. The van der Waals surface area contributed by atoms with Gasteiger partial charge < -0.3 is 5.73 Å². The highest BCUT2D eigenvalue weighted by Crippen LogP contribution is 2.50. The molecule has 0 radical (unpaired) electrons. The molecule has 0 aromatic carbocycles. The van der Waals surface area contributed by atoms with Gasteiger partial charge in [0, 0.05) is 12.2 Å². The number of hydrogen-bond donors (Lipinski definition) is 1. The Balaban J connectivity index is 1.63. The third-order valence-corrected chi connectivity index (χ3v) is 4.62. The normalized spacial score (nSPS) is 32.9. The first kappa shape index (κ1) is 11.1. The van der Waals surface area contributed by atoms with E-state index in [0.717, 1.165) is 35.6 Å². The van der Waals surface area contributed by atoms with Crippen molar-refractivity contribution in [3.05, 3.63) is 23.8 Å². The minimum Gasteiger partial charge on any atom is -0.323 e. The van der Waals surface area contributed by atoms with Gasteiger partial charge in [-0.15, -0.1) is 0 Å². The molecule has 0 saturated heterocycles. The molecule has 3 heteroatoms. The van der Waals surface area contributed by atoms with Gasteiger partial charge in [0.05, 0.1) is 17.6 Å². The van der Waals surface area contributed by atoms with E-state index in [1.54, 1.807) is 0 Å². The Hall–Kier alpha value is -0.960. The van der Waals surface area contributed by atoms with Crippen molar-refractivity contribution in [2.75, 3.05) is 0 Å². The van der Waals surface area contributed by atoms with Gasteiger partial charge in [-0.05, 0) is 50.4 Å². The zero-order chi connectivity index (χ0) is 11.8. The molecule has 2 aliphatic carbocycles. The fourth-order valence-electron chi connectivity index (χ4n) is 3.71. The van der Waals surface area contributed by atoms with Gasteiger partial charge in [0.2, 0.25) is 0 Å². The van der Waals surface area contributed by atoms with Crippen LogP contribution in [-0.2, 0) is 0 Å². The standard InChI is InChI=1S/C14H21N3/c1-9-7-17-14(8-16-9)13(15)6-12-5-10-2-3-11(12)4-10/h7-8,10-13H,2-6,15H2,1H3. The molecule has 2 fully saturated rings. The van der Waals surface area contributed by atoms with Crippen LogP contribution in [0, 0.1) is 24.7 Å². The fourth-order valence-corrected chi connectivity index (χ4v) is 3.71. The second kappa shape index (κ2) is 4.37. The second-order valence-electron chi connectivity index (χ2n) is 5.86. The SMILES string of the molecule is Cc1cnc(C(N)CC2CC3CCC2C3)cn1. The van der Waals surface area contributed by atoms with Gasteiger partial charge in [-0.2, -0.15) is 0 Å². The molecule has 92 valence electrons. The molecule has 2 saturated carbocycles. The lowest BCUT2D eigenvalue weighted by Gasteiger charge is -2.24. The molecule has 2 bridgehead atoms. The molecule has 2 N–H and O–H groups in total. The van der Waals surface area contributed by atoms with Crippen LogP contribution in [0.3, 0.4) is 0 Å². The van der Waals surface area contributed by atoms with E-state index in [2.05, 4.69) is 9.97 Å². The van der Waals surface area contributed by atoms with Crippen molar-refractivity contribution in [1.82, 2.24) is 9.97 Å². The summed E-state index contributed by atoms with van der Waals surface area (Å²) in [6.45, 7) is 1.96. The summed E-state index contributed by atoms with van der Waals surface area (Å²) in [7, 11) is 0. The second-order valence-corrected chi connectivity index (χ2v) is 5.86. The Kier molecular flexibility index (Phi) is 2.87. The number of rotatable bonds is 3. The van der Waals surface area contributed by atoms with Crippen LogP contribution in [0.1, 0.15) is 49.5 Å². The van der Waals surface area contributed by atoms with E-state index in [9.17, 15) is 0 Å². The average Bonchev–Trinajstić information content (AvgIpc) is 2.91. The maximum Gasteiger partial charge on any atom is 0.0754 e. The quantitative estimate of drug-likeness (QED) is 0.870.